The number of piperazine rings is 1. The van der Waals surface area contributed by atoms with E-state index in [1.54, 1.807) is 33.4 Å². The molecule has 7 nitrogen and oxygen atoms in total. The van der Waals surface area contributed by atoms with E-state index in [-0.39, 0.29) is 35.5 Å². The van der Waals surface area contributed by atoms with Crippen molar-refractivity contribution in [2.75, 3.05) is 32.7 Å². The number of benzene rings is 1. The summed E-state index contributed by atoms with van der Waals surface area (Å²) in [5, 5.41) is 12.4. The molecule has 2 aromatic rings. The number of para-hydroxylation sites is 1. The van der Waals surface area contributed by atoms with E-state index < -0.39 is 0 Å². The van der Waals surface area contributed by atoms with Crippen molar-refractivity contribution in [1.29, 1.82) is 0 Å². The van der Waals surface area contributed by atoms with Crippen molar-refractivity contribution in [2.24, 2.45) is 5.73 Å². The molecule has 2 heterocycles. The molecule has 0 saturated carbocycles. The van der Waals surface area contributed by atoms with Crippen LogP contribution in [-0.4, -0.2) is 64.4 Å². The Morgan fingerprint density at radius 2 is 1.73 bits per heavy atom. The Balaban J connectivity index is 0.00000243. The van der Waals surface area contributed by atoms with E-state index in [2.05, 4.69) is 4.98 Å². The molecule has 0 aliphatic carbocycles. The third kappa shape index (κ3) is 4.32. The molecule has 0 unspecified atom stereocenters. The van der Waals surface area contributed by atoms with Crippen LogP contribution in [0.25, 0.3) is 0 Å². The number of aromatic nitrogens is 1. The molecule has 0 radical (unpaired) electrons. The fourth-order valence-electron chi connectivity index (χ4n) is 2.75. The van der Waals surface area contributed by atoms with E-state index in [0.717, 1.165) is 5.01 Å². The van der Waals surface area contributed by atoms with Crippen molar-refractivity contribution in [3.8, 4) is 5.75 Å². The number of halogens is 1. The fourth-order valence-corrected chi connectivity index (χ4v) is 3.53. The molecule has 1 aliphatic heterocycles. The maximum Gasteiger partial charge on any atom is 0.273 e. The standard InChI is InChI=1S/C17H20N4O3S.ClH/c18-6-5-15-19-13(11-25-15)17(24)21-9-7-20(8-10-21)16(23)12-3-1-2-4-14(12)22;/h1-4,11,22H,5-10,18H2;1H. The average molecular weight is 397 g/mol. The molecular weight excluding hydrogens is 376 g/mol. The Kier molecular flexibility index (Phi) is 6.96. The van der Waals surface area contributed by atoms with Gasteiger partial charge in [0.05, 0.1) is 10.6 Å². The molecule has 3 N–H and O–H groups in total. The van der Waals surface area contributed by atoms with Gasteiger partial charge in [0.15, 0.2) is 0 Å². The van der Waals surface area contributed by atoms with Crippen LogP contribution in [-0.2, 0) is 6.42 Å². The van der Waals surface area contributed by atoms with E-state index in [9.17, 15) is 14.7 Å². The molecule has 26 heavy (non-hydrogen) atoms. The quantitative estimate of drug-likeness (QED) is 0.813. The second-order valence-electron chi connectivity index (χ2n) is 5.77. The lowest BCUT2D eigenvalue weighted by atomic mass is 10.1. The zero-order valence-electron chi connectivity index (χ0n) is 14.1. The van der Waals surface area contributed by atoms with Gasteiger partial charge in [-0.05, 0) is 18.7 Å². The van der Waals surface area contributed by atoms with E-state index in [0.29, 0.717) is 44.8 Å². The normalized spacial score (nSPS) is 14.0. The number of nitrogens with zero attached hydrogens (tertiary/aromatic N) is 3. The SMILES string of the molecule is Cl.NCCc1nc(C(=O)N2CCN(C(=O)c3ccccc3O)CC2)cs1. The van der Waals surface area contributed by atoms with Crippen LogP contribution < -0.4 is 5.73 Å². The lowest BCUT2D eigenvalue weighted by molar-refractivity contribution is 0.0531. The van der Waals surface area contributed by atoms with Crippen LogP contribution in [0.1, 0.15) is 25.9 Å². The van der Waals surface area contributed by atoms with Crippen molar-refractivity contribution in [1.82, 2.24) is 14.8 Å². The predicted molar refractivity (Wildman–Crippen MR) is 102 cm³/mol. The lowest BCUT2D eigenvalue weighted by Gasteiger charge is -2.34. The van der Waals surface area contributed by atoms with E-state index in [4.69, 9.17) is 5.73 Å². The van der Waals surface area contributed by atoms with Crippen LogP contribution in [0.15, 0.2) is 29.6 Å². The third-order valence-corrected chi connectivity index (χ3v) is 5.03. The fraction of sp³-hybridized carbons (Fsp3) is 0.353. The van der Waals surface area contributed by atoms with Crippen LogP contribution in [0.5, 0.6) is 5.75 Å². The van der Waals surface area contributed by atoms with Crippen LogP contribution in [0.3, 0.4) is 0 Å². The van der Waals surface area contributed by atoms with Crippen molar-refractivity contribution in [2.45, 2.75) is 6.42 Å². The Labute approximate surface area is 161 Å². The number of hydrogen-bond acceptors (Lipinski definition) is 6. The van der Waals surface area contributed by atoms with Gasteiger partial charge in [0.25, 0.3) is 11.8 Å². The number of thiazole rings is 1. The van der Waals surface area contributed by atoms with Gasteiger partial charge in [0, 0.05) is 38.0 Å². The van der Waals surface area contributed by atoms with Crippen LogP contribution in [0.2, 0.25) is 0 Å². The van der Waals surface area contributed by atoms with Crippen molar-refractivity contribution >= 4 is 35.6 Å². The molecule has 1 fully saturated rings. The molecule has 0 atom stereocenters. The highest BCUT2D eigenvalue weighted by Crippen LogP contribution is 2.19. The minimum Gasteiger partial charge on any atom is -0.507 e. The van der Waals surface area contributed by atoms with E-state index in [1.807, 2.05) is 0 Å². The van der Waals surface area contributed by atoms with Gasteiger partial charge in [-0.3, -0.25) is 9.59 Å². The summed E-state index contributed by atoms with van der Waals surface area (Å²) in [6, 6.07) is 6.49. The molecule has 0 bridgehead atoms. The number of hydrogen-bond donors (Lipinski definition) is 2. The maximum atomic E-state index is 12.5. The van der Waals surface area contributed by atoms with Crippen molar-refractivity contribution in [3.63, 3.8) is 0 Å². The Morgan fingerprint density at radius 1 is 1.12 bits per heavy atom. The van der Waals surface area contributed by atoms with Crippen LogP contribution in [0.4, 0.5) is 0 Å². The number of rotatable bonds is 4. The minimum atomic E-state index is -0.218. The molecule has 1 aliphatic rings. The Hall–Kier alpha value is -2.16. The Bertz CT molecular complexity index is 775. The largest absolute Gasteiger partial charge is 0.507 e. The first-order chi connectivity index (χ1) is 12.1. The highest BCUT2D eigenvalue weighted by molar-refractivity contribution is 7.09. The molecule has 9 heteroatoms. The van der Waals surface area contributed by atoms with E-state index in [1.165, 1.54) is 17.4 Å². The molecule has 1 saturated heterocycles. The number of phenolic OH excluding ortho intramolecular Hbond substituents is 1. The van der Waals surface area contributed by atoms with Crippen LogP contribution >= 0.6 is 23.7 Å². The smallest absolute Gasteiger partial charge is 0.273 e. The van der Waals surface area contributed by atoms with Crippen molar-refractivity contribution < 1.29 is 14.7 Å². The number of amides is 2. The number of carbonyl (C=O) groups is 2. The molecule has 1 aromatic heterocycles. The first-order valence-electron chi connectivity index (χ1n) is 8.11. The number of aromatic hydroxyl groups is 1. The summed E-state index contributed by atoms with van der Waals surface area (Å²) in [6.45, 7) is 2.26. The first-order valence-corrected chi connectivity index (χ1v) is 8.99. The minimum absolute atomic E-state index is 0. The van der Waals surface area contributed by atoms with Gasteiger partial charge in [0.2, 0.25) is 0 Å². The number of phenols is 1. The van der Waals surface area contributed by atoms with Gasteiger partial charge < -0.3 is 20.6 Å². The van der Waals surface area contributed by atoms with Gasteiger partial charge in [-0.2, -0.15) is 0 Å². The molecule has 3 rings (SSSR count). The second-order valence-corrected chi connectivity index (χ2v) is 6.71. The van der Waals surface area contributed by atoms with Crippen LogP contribution in [0, 0.1) is 0 Å². The summed E-state index contributed by atoms with van der Waals surface area (Å²) in [7, 11) is 0. The monoisotopic (exact) mass is 396 g/mol. The topological polar surface area (TPSA) is 99.8 Å². The highest BCUT2D eigenvalue weighted by atomic mass is 35.5. The Morgan fingerprint density at radius 3 is 2.35 bits per heavy atom. The second kappa shape index (κ2) is 8.98. The lowest BCUT2D eigenvalue weighted by Crippen LogP contribution is -2.50. The third-order valence-electron chi connectivity index (χ3n) is 4.12. The van der Waals surface area contributed by atoms with Gasteiger partial charge in [-0.25, -0.2) is 4.98 Å². The zero-order chi connectivity index (χ0) is 17.8. The summed E-state index contributed by atoms with van der Waals surface area (Å²) in [5.41, 5.74) is 6.23. The maximum absolute atomic E-state index is 12.5. The summed E-state index contributed by atoms with van der Waals surface area (Å²) in [4.78, 5) is 32.7. The molecule has 140 valence electrons. The first kappa shape index (κ1) is 20.2. The summed E-state index contributed by atoms with van der Waals surface area (Å²) in [6.07, 6.45) is 0.667. The summed E-state index contributed by atoms with van der Waals surface area (Å²) < 4.78 is 0. The molecular formula is C17H21ClN4O3S. The summed E-state index contributed by atoms with van der Waals surface area (Å²) >= 11 is 1.44. The van der Waals surface area contributed by atoms with Crippen molar-refractivity contribution in [3.05, 3.63) is 45.9 Å². The summed E-state index contributed by atoms with van der Waals surface area (Å²) in [5.74, 6) is -0.362. The van der Waals surface area contributed by atoms with E-state index >= 15 is 0 Å². The van der Waals surface area contributed by atoms with Gasteiger partial charge in [0.1, 0.15) is 11.4 Å². The average Bonchev–Trinajstić information content (AvgIpc) is 3.10. The number of nitrogens with two attached hydrogens (primary N) is 1. The predicted octanol–water partition coefficient (Wildman–Crippen LogP) is 1.37. The van der Waals surface area contributed by atoms with Gasteiger partial charge >= 0.3 is 0 Å². The van der Waals surface area contributed by atoms with Gasteiger partial charge in [-0.15, -0.1) is 23.7 Å². The zero-order valence-corrected chi connectivity index (χ0v) is 15.8. The molecule has 0 spiro atoms. The highest BCUT2D eigenvalue weighted by Gasteiger charge is 2.27. The van der Waals surface area contributed by atoms with Gasteiger partial charge in [-0.1, -0.05) is 12.1 Å². The molecule has 1 aromatic carbocycles. The number of carbonyl (C=O) groups excluding carboxylic acids is 2. The molecule has 2 amide bonds.